The average Bonchev–Trinajstić information content (AvgIpc) is 3.16. The summed E-state index contributed by atoms with van der Waals surface area (Å²) in [6, 6.07) is 7.91. The molecule has 29 heavy (non-hydrogen) atoms. The van der Waals surface area contributed by atoms with E-state index in [1.165, 1.54) is 0 Å². The molecule has 0 saturated carbocycles. The number of fused-ring (bicyclic) bond motifs is 2. The Morgan fingerprint density at radius 3 is 2.90 bits per heavy atom. The van der Waals surface area contributed by atoms with Gasteiger partial charge in [-0.15, -0.1) is 13.2 Å². The van der Waals surface area contributed by atoms with Gasteiger partial charge in [-0.3, -0.25) is 4.79 Å². The molecular weight excluding hydrogens is 362 g/mol. The van der Waals surface area contributed by atoms with Crippen LogP contribution in [0.5, 0.6) is 0 Å². The first-order valence-electron chi connectivity index (χ1n) is 9.80. The first-order valence-corrected chi connectivity index (χ1v) is 9.80. The van der Waals surface area contributed by atoms with Gasteiger partial charge in [-0.25, -0.2) is 9.97 Å². The van der Waals surface area contributed by atoms with E-state index < -0.39 is 0 Å². The standard InChI is InChI=1S/C23H25N5O/c1-5-8-15-12-24-23(29)17-11-19(27-20(15)17)16-9-7-10-18-21(16)28-22(14(4)26-18)25-13(3)6-2/h5-7,9-11,13,15,27H,1-2,8,12H2,3-4H3,(H,24,29)(H,25,28)/t13-,15+/m0/s1. The van der Waals surface area contributed by atoms with Crippen LogP contribution in [0.25, 0.3) is 22.3 Å². The van der Waals surface area contributed by atoms with Crippen LogP contribution < -0.4 is 10.6 Å². The van der Waals surface area contributed by atoms with E-state index in [1.807, 2.05) is 50.3 Å². The highest BCUT2D eigenvalue weighted by Crippen LogP contribution is 2.34. The predicted octanol–water partition coefficient (Wildman–Crippen LogP) is 4.32. The minimum atomic E-state index is -0.0489. The highest BCUT2D eigenvalue weighted by molar-refractivity contribution is 6.00. The number of para-hydroxylation sites is 1. The summed E-state index contributed by atoms with van der Waals surface area (Å²) in [7, 11) is 0. The van der Waals surface area contributed by atoms with E-state index in [0.717, 1.165) is 45.9 Å². The van der Waals surface area contributed by atoms with Crippen molar-refractivity contribution >= 4 is 22.8 Å². The number of rotatable bonds is 6. The third-order valence-electron chi connectivity index (χ3n) is 5.34. The minimum absolute atomic E-state index is 0.0489. The van der Waals surface area contributed by atoms with Gasteiger partial charge in [-0.1, -0.05) is 24.3 Å². The predicted molar refractivity (Wildman–Crippen MR) is 117 cm³/mol. The number of allylic oxidation sites excluding steroid dienone is 1. The lowest BCUT2D eigenvalue weighted by Crippen LogP contribution is -2.34. The fourth-order valence-corrected chi connectivity index (χ4v) is 3.74. The van der Waals surface area contributed by atoms with Crippen molar-refractivity contribution in [2.75, 3.05) is 11.9 Å². The van der Waals surface area contributed by atoms with E-state index in [0.29, 0.717) is 12.1 Å². The lowest BCUT2D eigenvalue weighted by Gasteiger charge is -2.21. The molecule has 0 radical (unpaired) electrons. The van der Waals surface area contributed by atoms with Crippen molar-refractivity contribution in [3.8, 4) is 11.3 Å². The monoisotopic (exact) mass is 387 g/mol. The number of aryl methyl sites for hydroxylation is 1. The Labute approximate surface area is 170 Å². The Morgan fingerprint density at radius 2 is 2.14 bits per heavy atom. The SMILES string of the molecule is C=CC[C@@H]1CNC(=O)c2cc(-c3cccc4nc(C)c(N[C@@H](C)C=C)nc34)[nH]c21. The third-order valence-corrected chi connectivity index (χ3v) is 5.34. The molecule has 6 nitrogen and oxygen atoms in total. The number of hydrogen-bond donors (Lipinski definition) is 3. The summed E-state index contributed by atoms with van der Waals surface area (Å²) in [6.45, 7) is 12.2. The van der Waals surface area contributed by atoms with Crippen molar-refractivity contribution in [3.05, 3.63) is 66.5 Å². The molecule has 3 N–H and O–H groups in total. The topological polar surface area (TPSA) is 82.7 Å². The zero-order valence-corrected chi connectivity index (χ0v) is 16.7. The van der Waals surface area contributed by atoms with E-state index in [4.69, 9.17) is 9.97 Å². The minimum Gasteiger partial charge on any atom is -0.363 e. The van der Waals surface area contributed by atoms with Crippen LogP contribution in [-0.2, 0) is 0 Å². The number of hydrogen-bond acceptors (Lipinski definition) is 4. The molecule has 0 aliphatic carbocycles. The molecule has 0 unspecified atom stereocenters. The van der Waals surface area contributed by atoms with Gasteiger partial charge in [0.1, 0.15) is 11.3 Å². The van der Waals surface area contributed by atoms with Crippen LogP contribution in [-0.4, -0.2) is 33.4 Å². The molecule has 4 rings (SSSR count). The Morgan fingerprint density at radius 1 is 1.31 bits per heavy atom. The normalized spacial score (nSPS) is 16.8. The van der Waals surface area contributed by atoms with E-state index in [1.54, 1.807) is 0 Å². The molecule has 1 aliphatic rings. The smallest absolute Gasteiger partial charge is 0.253 e. The van der Waals surface area contributed by atoms with E-state index >= 15 is 0 Å². The van der Waals surface area contributed by atoms with Crippen LogP contribution in [0.3, 0.4) is 0 Å². The Balaban J connectivity index is 1.85. The zero-order valence-electron chi connectivity index (χ0n) is 16.7. The first-order chi connectivity index (χ1) is 14.0. The fourth-order valence-electron chi connectivity index (χ4n) is 3.74. The van der Waals surface area contributed by atoms with Gasteiger partial charge in [0.05, 0.1) is 16.8 Å². The largest absolute Gasteiger partial charge is 0.363 e. The van der Waals surface area contributed by atoms with Crippen molar-refractivity contribution in [2.24, 2.45) is 0 Å². The Hall–Kier alpha value is -3.41. The number of nitrogens with one attached hydrogen (secondary N) is 3. The second-order valence-corrected chi connectivity index (χ2v) is 7.44. The summed E-state index contributed by atoms with van der Waals surface area (Å²) in [5, 5.41) is 6.30. The summed E-state index contributed by atoms with van der Waals surface area (Å²) in [4.78, 5) is 25.5. The summed E-state index contributed by atoms with van der Waals surface area (Å²) in [6.07, 6.45) is 4.52. The molecule has 0 saturated heterocycles. The summed E-state index contributed by atoms with van der Waals surface area (Å²) < 4.78 is 0. The average molecular weight is 387 g/mol. The molecule has 0 fully saturated rings. The van der Waals surface area contributed by atoms with Gasteiger partial charge in [0.25, 0.3) is 5.91 Å². The Bertz CT molecular complexity index is 1110. The molecule has 2 atom stereocenters. The van der Waals surface area contributed by atoms with Crippen molar-refractivity contribution in [2.45, 2.75) is 32.2 Å². The number of benzene rings is 1. The van der Waals surface area contributed by atoms with Crippen LogP contribution in [0.2, 0.25) is 0 Å². The maximum absolute atomic E-state index is 12.4. The van der Waals surface area contributed by atoms with Crippen LogP contribution in [0, 0.1) is 6.92 Å². The summed E-state index contributed by atoms with van der Waals surface area (Å²) in [5.41, 5.74) is 5.87. The summed E-state index contributed by atoms with van der Waals surface area (Å²) in [5.74, 6) is 0.881. The number of carbonyl (C=O) groups excluding carboxylic acids is 1. The van der Waals surface area contributed by atoms with Gasteiger partial charge >= 0.3 is 0 Å². The van der Waals surface area contributed by atoms with Crippen LogP contribution in [0.4, 0.5) is 5.82 Å². The second-order valence-electron chi connectivity index (χ2n) is 7.44. The van der Waals surface area contributed by atoms with Crippen LogP contribution in [0.15, 0.2) is 49.6 Å². The number of amides is 1. The third kappa shape index (κ3) is 3.42. The molecule has 3 aromatic rings. The van der Waals surface area contributed by atoms with Gasteiger partial charge in [-0.2, -0.15) is 0 Å². The maximum atomic E-state index is 12.4. The molecular formula is C23H25N5O. The maximum Gasteiger partial charge on any atom is 0.253 e. The van der Waals surface area contributed by atoms with Crippen molar-refractivity contribution in [3.63, 3.8) is 0 Å². The van der Waals surface area contributed by atoms with Gasteiger partial charge < -0.3 is 15.6 Å². The molecule has 148 valence electrons. The number of nitrogens with zero attached hydrogens (tertiary/aromatic N) is 2. The van der Waals surface area contributed by atoms with Gasteiger partial charge in [0.15, 0.2) is 0 Å². The molecule has 1 amide bonds. The lowest BCUT2D eigenvalue weighted by molar-refractivity contribution is 0.0940. The molecule has 1 aliphatic heterocycles. The highest BCUT2D eigenvalue weighted by atomic mass is 16.1. The van der Waals surface area contributed by atoms with Gasteiger partial charge in [0, 0.05) is 35.5 Å². The molecule has 1 aromatic carbocycles. The lowest BCUT2D eigenvalue weighted by atomic mass is 9.94. The second kappa shape index (κ2) is 7.54. The highest BCUT2D eigenvalue weighted by Gasteiger charge is 2.27. The molecule has 0 spiro atoms. The molecule has 2 aromatic heterocycles. The molecule has 3 heterocycles. The van der Waals surface area contributed by atoms with E-state index in [9.17, 15) is 4.79 Å². The van der Waals surface area contributed by atoms with Crippen molar-refractivity contribution < 1.29 is 4.79 Å². The van der Waals surface area contributed by atoms with Crippen molar-refractivity contribution in [1.29, 1.82) is 0 Å². The fraction of sp³-hybridized carbons (Fsp3) is 0.261. The molecule has 0 bridgehead atoms. The number of aromatic nitrogens is 3. The Kier molecular flexibility index (Phi) is 4.92. The van der Waals surface area contributed by atoms with E-state index in [2.05, 4.69) is 28.8 Å². The van der Waals surface area contributed by atoms with Crippen LogP contribution in [0.1, 0.15) is 41.0 Å². The van der Waals surface area contributed by atoms with Gasteiger partial charge in [0.2, 0.25) is 0 Å². The van der Waals surface area contributed by atoms with E-state index in [-0.39, 0.29) is 17.9 Å². The molecule has 6 heteroatoms. The quantitative estimate of drug-likeness (QED) is 0.550. The van der Waals surface area contributed by atoms with Gasteiger partial charge in [-0.05, 0) is 32.4 Å². The first kappa shape index (κ1) is 18.9. The summed E-state index contributed by atoms with van der Waals surface area (Å²) >= 11 is 0. The number of H-pyrrole nitrogens is 1. The van der Waals surface area contributed by atoms with Crippen LogP contribution >= 0.6 is 0 Å². The number of anilines is 1. The number of carbonyl (C=O) groups is 1. The zero-order chi connectivity index (χ0) is 20.5. The van der Waals surface area contributed by atoms with Crippen molar-refractivity contribution in [1.82, 2.24) is 20.3 Å². The number of aromatic amines is 1.